The lowest BCUT2D eigenvalue weighted by Gasteiger charge is -2.19. The van der Waals surface area contributed by atoms with Crippen LogP contribution < -0.4 is 4.90 Å². The molecule has 0 bridgehead atoms. The van der Waals surface area contributed by atoms with E-state index in [4.69, 9.17) is 4.74 Å². The van der Waals surface area contributed by atoms with E-state index < -0.39 is 11.2 Å². The molecule has 2 aromatic carbocycles. The lowest BCUT2D eigenvalue weighted by atomic mass is 10.0. The van der Waals surface area contributed by atoms with E-state index in [1.807, 2.05) is 48.5 Å². The Kier molecular flexibility index (Phi) is 9.13. The van der Waals surface area contributed by atoms with Gasteiger partial charge in [0.2, 0.25) is 0 Å². The number of thioether (sulfide) groups is 2. The molecule has 1 fully saturated rings. The van der Waals surface area contributed by atoms with Crippen molar-refractivity contribution >= 4 is 46.7 Å². The summed E-state index contributed by atoms with van der Waals surface area (Å²) in [5.74, 6) is -1.18. The van der Waals surface area contributed by atoms with Gasteiger partial charge in [-0.25, -0.2) is 4.79 Å². The normalized spacial score (nSPS) is 16.7. The SMILES string of the molecule is CCOC(=O)C(C#N)=C1SC(C(SC)=C(C=C(C#N)C#N)c2ccccc2)C(=O)N1c1ccccc1. The number of hydrogen-bond acceptors (Lipinski definition) is 8. The van der Waals surface area contributed by atoms with Gasteiger partial charge in [0, 0.05) is 10.6 Å². The maximum absolute atomic E-state index is 13.9. The summed E-state index contributed by atoms with van der Waals surface area (Å²) in [6, 6.07) is 23.5. The second-order valence-electron chi connectivity index (χ2n) is 7.15. The predicted octanol–water partition coefficient (Wildman–Crippen LogP) is 5.18. The number of anilines is 1. The van der Waals surface area contributed by atoms with Crippen LogP contribution in [0.4, 0.5) is 5.69 Å². The van der Waals surface area contributed by atoms with Crippen molar-refractivity contribution in [1.29, 1.82) is 15.8 Å². The van der Waals surface area contributed by atoms with E-state index in [0.29, 0.717) is 21.7 Å². The number of amides is 1. The van der Waals surface area contributed by atoms with Crippen LogP contribution in [0.15, 0.2) is 87.8 Å². The zero-order valence-corrected chi connectivity index (χ0v) is 21.1. The van der Waals surface area contributed by atoms with Gasteiger partial charge >= 0.3 is 5.97 Å². The average Bonchev–Trinajstić information content (AvgIpc) is 3.24. The van der Waals surface area contributed by atoms with E-state index in [1.54, 1.807) is 43.5 Å². The molecule has 3 rings (SSSR count). The summed E-state index contributed by atoms with van der Waals surface area (Å²) in [4.78, 5) is 28.4. The molecule has 0 N–H and O–H groups in total. The molecule has 1 aliphatic rings. The molecule has 9 heteroatoms. The van der Waals surface area contributed by atoms with Gasteiger partial charge in [0.1, 0.15) is 34.1 Å². The Bertz CT molecular complexity index is 1360. The highest BCUT2D eigenvalue weighted by atomic mass is 32.2. The fraction of sp³-hybridized carbons (Fsp3) is 0.148. The number of para-hydroxylation sites is 1. The van der Waals surface area contributed by atoms with E-state index in [1.165, 1.54) is 22.7 Å². The van der Waals surface area contributed by atoms with Crippen LogP contribution in [0.1, 0.15) is 12.5 Å². The highest BCUT2D eigenvalue weighted by Gasteiger charge is 2.43. The fourth-order valence-corrected chi connectivity index (χ4v) is 5.84. The molecule has 1 amide bonds. The number of benzene rings is 2. The van der Waals surface area contributed by atoms with Gasteiger partial charge in [-0.1, -0.05) is 60.3 Å². The van der Waals surface area contributed by atoms with Crippen molar-refractivity contribution in [3.63, 3.8) is 0 Å². The van der Waals surface area contributed by atoms with Crippen molar-refractivity contribution in [2.45, 2.75) is 12.2 Å². The first-order valence-electron chi connectivity index (χ1n) is 10.7. The van der Waals surface area contributed by atoms with Crippen molar-refractivity contribution in [1.82, 2.24) is 0 Å². The monoisotopic (exact) mass is 512 g/mol. The Labute approximate surface area is 218 Å². The fourth-order valence-electron chi connectivity index (χ4n) is 3.48. The molecule has 178 valence electrons. The lowest BCUT2D eigenvalue weighted by molar-refractivity contribution is -0.138. The first-order chi connectivity index (χ1) is 17.5. The zero-order chi connectivity index (χ0) is 26.1. The standard InChI is InChI=1S/C27H20N4O3S2/c1-3-34-27(33)22(17-30)26-31(20-12-8-5-9-13-20)25(32)24(36-26)23(35-2)21(14-18(15-28)16-29)19-10-6-4-7-11-19/h4-14,24H,3H2,1-2H3. The molecule has 1 aliphatic heterocycles. The topological polar surface area (TPSA) is 118 Å². The number of allylic oxidation sites excluding steroid dienone is 3. The number of rotatable bonds is 7. The van der Waals surface area contributed by atoms with Crippen LogP contribution in [0, 0.1) is 34.0 Å². The van der Waals surface area contributed by atoms with Crippen LogP contribution in [-0.4, -0.2) is 30.0 Å². The molecule has 7 nitrogen and oxygen atoms in total. The Morgan fingerprint density at radius 1 is 1.06 bits per heavy atom. The third kappa shape index (κ3) is 5.53. The Hall–Kier alpha value is -4.23. The minimum absolute atomic E-state index is 0.0781. The second kappa shape index (κ2) is 12.5. The summed E-state index contributed by atoms with van der Waals surface area (Å²) < 4.78 is 5.08. The summed E-state index contributed by atoms with van der Waals surface area (Å²) in [7, 11) is 0. The van der Waals surface area contributed by atoms with Gasteiger partial charge in [-0.3, -0.25) is 9.69 Å². The molecule has 36 heavy (non-hydrogen) atoms. The zero-order valence-electron chi connectivity index (χ0n) is 19.5. The first-order valence-corrected chi connectivity index (χ1v) is 12.8. The van der Waals surface area contributed by atoms with Gasteiger partial charge in [-0.15, -0.1) is 11.8 Å². The summed E-state index contributed by atoms with van der Waals surface area (Å²) in [5, 5.41) is 28.0. The molecule has 0 spiro atoms. The molecule has 0 radical (unpaired) electrons. The van der Waals surface area contributed by atoms with E-state index in [-0.39, 0.29) is 28.7 Å². The summed E-state index contributed by atoms with van der Waals surface area (Å²) in [5.41, 5.74) is 1.37. The number of nitriles is 3. The van der Waals surface area contributed by atoms with Crippen molar-refractivity contribution in [3.8, 4) is 18.2 Å². The largest absolute Gasteiger partial charge is 0.462 e. The van der Waals surface area contributed by atoms with Crippen molar-refractivity contribution in [2.24, 2.45) is 0 Å². The second-order valence-corrected chi connectivity index (χ2v) is 9.09. The van der Waals surface area contributed by atoms with Crippen molar-refractivity contribution < 1.29 is 14.3 Å². The van der Waals surface area contributed by atoms with Gasteiger partial charge in [-0.05, 0) is 42.5 Å². The van der Waals surface area contributed by atoms with Gasteiger partial charge in [0.05, 0.1) is 6.61 Å². The molecule has 1 heterocycles. The van der Waals surface area contributed by atoms with Crippen LogP contribution in [0.2, 0.25) is 0 Å². The minimum atomic E-state index is -0.835. The van der Waals surface area contributed by atoms with Gasteiger partial charge in [0.25, 0.3) is 5.91 Å². The predicted molar refractivity (Wildman–Crippen MR) is 141 cm³/mol. The number of carbonyl (C=O) groups is 2. The van der Waals surface area contributed by atoms with Crippen LogP contribution in [0.25, 0.3) is 5.57 Å². The van der Waals surface area contributed by atoms with Gasteiger partial charge in [0.15, 0.2) is 5.57 Å². The lowest BCUT2D eigenvalue weighted by Crippen LogP contribution is -2.30. The van der Waals surface area contributed by atoms with Crippen molar-refractivity contribution in [2.75, 3.05) is 17.8 Å². The summed E-state index contributed by atoms with van der Waals surface area (Å²) in [6.07, 6.45) is 3.25. The number of carbonyl (C=O) groups excluding carboxylic acids is 2. The smallest absolute Gasteiger partial charge is 0.351 e. The minimum Gasteiger partial charge on any atom is -0.462 e. The van der Waals surface area contributed by atoms with Gasteiger partial charge in [-0.2, -0.15) is 15.8 Å². The highest BCUT2D eigenvalue weighted by Crippen LogP contribution is 2.47. The van der Waals surface area contributed by atoms with Crippen LogP contribution in [-0.2, 0) is 14.3 Å². The molecule has 2 aromatic rings. The molecule has 0 aliphatic carbocycles. The Balaban J connectivity index is 2.29. The number of ether oxygens (including phenoxy) is 1. The quantitative estimate of drug-likeness (QED) is 0.215. The third-order valence-corrected chi connectivity index (χ3v) is 7.36. The maximum Gasteiger partial charge on any atom is 0.351 e. The van der Waals surface area contributed by atoms with Crippen LogP contribution >= 0.6 is 23.5 Å². The first kappa shape index (κ1) is 26.4. The van der Waals surface area contributed by atoms with E-state index >= 15 is 0 Å². The van der Waals surface area contributed by atoms with E-state index in [9.17, 15) is 25.4 Å². The van der Waals surface area contributed by atoms with Gasteiger partial charge < -0.3 is 4.74 Å². The molecule has 1 saturated heterocycles. The Morgan fingerprint density at radius 2 is 1.67 bits per heavy atom. The van der Waals surface area contributed by atoms with Crippen molar-refractivity contribution in [3.05, 3.63) is 93.4 Å². The number of nitrogens with zero attached hydrogens (tertiary/aromatic N) is 4. The molecule has 0 saturated carbocycles. The maximum atomic E-state index is 13.9. The number of hydrogen-bond donors (Lipinski definition) is 0. The average molecular weight is 513 g/mol. The molecule has 1 atom stereocenters. The van der Waals surface area contributed by atoms with Crippen LogP contribution in [0.3, 0.4) is 0 Å². The summed E-state index contributed by atoms with van der Waals surface area (Å²) in [6.45, 7) is 1.71. The molecule has 0 aromatic heterocycles. The molecular formula is C27H20N4O3S2. The summed E-state index contributed by atoms with van der Waals surface area (Å²) >= 11 is 2.37. The van der Waals surface area contributed by atoms with E-state index in [2.05, 4.69) is 0 Å². The molecular weight excluding hydrogens is 492 g/mol. The Morgan fingerprint density at radius 3 is 2.19 bits per heavy atom. The van der Waals surface area contributed by atoms with Crippen LogP contribution in [0.5, 0.6) is 0 Å². The number of esters is 1. The third-order valence-electron chi connectivity index (χ3n) is 5.03. The van der Waals surface area contributed by atoms with E-state index in [0.717, 1.165) is 11.8 Å². The molecule has 1 unspecified atom stereocenters. The highest BCUT2D eigenvalue weighted by molar-refractivity contribution is 8.08.